The van der Waals surface area contributed by atoms with Gasteiger partial charge in [-0.2, -0.15) is 13.2 Å². The summed E-state index contributed by atoms with van der Waals surface area (Å²) < 4.78 is 43.3. The molecular weight excluding hydrogens is 353 g/mol. The van der Waals surface area contributed by atoms with Gasteiger partial charge in [-0.15, -0.1) is 0 Å². The van der Waals surface area contributed by atoms with Gasteiger partial charge in [0.25, 0.3) is 0 Å². The van der Waals surface area contributed by atoms with Crippen molar-refractivity contribution in [2.45, 2.75) is 12.3 Å². The van der Waals surface area contributed by atoms with E-state index in [4.69, 9.17) is 4.74 Å². The fourth-order valence-electron chi connectivity index (χ4n) is 2.53. The zero-order valence-electron chi connectivity index (χ0n) is 13.0. The first kappa shape index (κ1) is 17.5. The maximum atomic E-state index is 12.7. The van der Waals surface area contributed by atoms with Crippen LogP contribution in [0.15, 0.2) is 60.4 Å². The van der Waals surface area contributed by atoms with Crippen LogP contribution in [-0.4, -0.2) is 10.9 Å². The molecule has 0 radical (unpaired) electrons. The molecule has 0 amide bonds. The first-order valence-corrected chi connectivity index (χ1v) is 7.35. The van der Waals surface area contributed by atoms with Crippen molar-refractivity contribution in [2.75, 3.05) is 5.32 Å². The largest absolute Gasteiger partial charge is 0.442 e. The number of nitrogens with zero attached hydrogens (tertiary/aromatic N) is 1. The second kappa shape index (κ2) is 6.51. The summed E-state index contributed by atoms with van der Waals surface area (Å²) in [5, 5.41) is 13.8. The average molecular weight is 364 g/mol. The minimum absolute atomic E-state index is 0.0109. The molecule has 6 nitrogen and oxygen atoms in total. The number of fused-ring (bicyclic) bond motifs is 1. The first-order valence-electron chi connectivity index (χ1n) is 7.35. The van der Waals surface area contributed by atoms with Crippen LogP contribution >= 0.6 is 0 Å². The number of halogens is 3. The summed E-state index contributed by atoms with van der Waals surface area (Å²) in [6, 6.07) is 10.4. The van der Waals surface area contributed by atoms with Gasteiger partial charge < -0.3 is 10.1 Å². The Kier molecular flexibility index (Phi) is 4.37. The quantitative estimate of drug-likeness (QED) is 0.501. The normalized spacial score (nSPS) is 16.8. The van der Waals surface area contributed by atoms with Crippen LogP contribution in [0.4, 0.5) is 18.9 Å². The van der Waals surface area contributed by atoms with Crippen LogP contribution in [-0.2, 0) is 10.9 Å². The number of benzene rings is 2. The van der Waals surface area contributed by atoms with Crippen LogP contribution in [0.5, 0.6) is 0 Å². The van der Waals surface area contributed by atoms with Crippen molar-refractivity contribution in [3.05, 3.63) is 87.2 Å². The van der Waals surface area contributed by atoms with Gasteiger partial charge in [-0.1, -0.05) is 24.3 Å². The summed E-state index contributed by atoms with van der Waals surface area (Å²) in [6.07, 6.45) is -4.85. The third-order valence-electron chi connectivity index (χ3n) is 3.74. The van der Waals surface area contributed by atoms with Gasteiger partial charge >= 0.3 is 17.8 Å². The number of ether oxygens (including phenoxy) is 1. The predicted molar refractivity (Wildman–Crippen MR) is 84.7 cm³/mol. The number of rotatable bonds is 4. The number of hydrogen-bond acceptors (Lipinski definition) is 5. The Morgan fingerprint density at radius 2 is 1.92 bits per heavy atom. The number of cyclic esters (lactones) is 1. The molecule has 0 aromatic heterocycles. The molecule has 134 valence electrons. The van der Waals surface area contributed by atoms with Gasteiger partial charge in [-0.25, -0.2) is 4.79 Å². The molecule has 3 rings (SSSR count). The van der Waals surface area contributed by atoms with Crippen LogP contribution in [0.1, 0.15) is 27.6 Å². The Labute approximate surface area is 145 Å². The average Bonchev–Trinajstić information content (AvgIpc) is 2.92. The van der Waals surface area contributed by atoms with E-state index < -0.39 is 34.4 Å². The summed E-state index contributed by atoms with van der Waals surface area (Å²) in [6.45, 7) is 0. The Morgan fingerprint density at radius 1 is 1.19 bits per heavy atom. The molecule has 26 heavy (non-hydrogen) atoms. The third kappa shape index (κ3) is 3.37. The molecule has 1 N–H and O–H groups in total. The smallest absolute Gasteiger partial charge is 0.416 e. The van der Waals surface area contributed by atoms with Gasteiger partial charge in [0.15, 0.2) is 0 Å². The van der Waals surface area contributed by atoms with E-state index in [2.05, 4.69) is 5.32 Å². The van der Waals surface area contributed by atoms with E-state index in [1.807, 2.05) is 0 Å². The predicted octanol–water partition coefficient (Wildman–Crippen LogP) is 4.15. The summed E-state index contributed by atoms with van der Waals surface area (Å²) in [7, 11) is 0. The van der Waals surface area contributed by atoms with Crippen LogP contribution in [0.3, 0.4) is 0 Å². The molecule has 1 atom stereocenters. The fourth-order valence-corrected chi connectivity index (χ4v) is 2.53. The van der Waals surface area contributed by atoms with E-state index in [9.17, 15) is 28.1 Å². The second-order valence-corrected chi connectivity index (χ2v) is 5.42. The molecule has 0 saturated heterocycles. The molecule has 0 fully saturated rings. The van der Waals surface area contributed by atoms with E-state index >= 15 is 0 Å². The number of carbonyl (C=O) groups is 1. The van der Waals surface area contributed by atoms with Crippen molar-refractivity contribution in [2.24, 2.45) is 0 Å². The van der Waals surface area contributed by atoms with Gasteiger partial charge in [0, 0.05) is 11.3 Å². The minimum Gasteiger partial charge on any atom is -0.442 e. The molecular formula is C17H11F3N2O4. The van der Waals surface area contributed by atoms with E-state index in [1.165, 1.54) is 24.3 Å². The number of nitrogens with one attached hydrogen (secondary N) is 1. The van der Waals surface area contributed by atoms with Crippen LogP contribution in [0, 0.1) is 10.1 Å². The van der Waals surface area contributed by atoms with Crippen molar-refractivity contribution < 1.29 is 27.6 Å². The van der Waals surface area contributed by atoms with Crippen molar-refractivity contribution in [1.29, 1.82) is 0 Å². The van der Waals surface area contributed by atoms with Gasteiger partial charge in [-0.3, -0.25) is 10.1 Å². The van der Waals surface area contributed by atoms with E-state index in [1.54, 1.807) is 12.1 Å². The molecule has 2 aromatic rings. The maximum Gasteiger partial charge on any atom is 0.416 e. The Morgan fingerprint density at radius 3 is 2.62 bits per heavy atom. The monoisotopic (exact) mass is 364 g/mol. The highest BCUT2D eigenvalue weighted by atomic mass is 19.4. The Balaban J connectivity index is 1.91. The van der Waals surface area contributed by atoms with Crippen molar-refractivity contribution in [3.8, 4) is 0 Å². The number of anilines is 1. The van der Waals surface area contributed by atoms with E-state index in [0.717, 1.165) is 18.3 Å². The lowest BCUT2D eigenvalue weighted by Gasteiger charge is -2.10. The summed E-state index contributed by atoms with van der Waals surface area (Å²) >= 11 is 0. The summed E-state index contributed by atoms with van der Waals surface area (Å²) in [5.41, 5.74) is -0.843. The van der Waals surface area contributed by atoms with Crippen molar-refractivity contribution in [3.63, 3.8) is 0 Å². The SMILES string of the molecule is O=C1OC(C(=CNc2cccc(C(F)(F)F)c2)[N+](=O)[O-])c2ccccc21. The van der Waals surface area contributed by atoms with Crippen molar-refractivity contribution >= 4 is 11.7 Å². The fraction of sp³-hybridized carbons (Fsp3) is 0.118. The maximum absolute atomic E-state index is 12.7. The molecule has 0 aliphatic carbocycles. The first-order chi connectivity index (χ1) is 12.3. The van der Waals surface area contributed by atoms with Crippen molar-refractivity contribution in [1.82, 2.24) is 0 Å². The topological polar surface area (TPSA) is 81.5 Å². The second-order valence-electron chi connectivity index (χ2n) is 5.42. The zero-order chi connectivity index (χ0) is 18.9. The molecule has 1 aliphatic rings. The lowest BCUT2D eigenvalue weighted by Crippen LogP contribution is -2.12. The number of carbonyl (C=O) groups excluding carboxylic acids is 1. The molecule has 2 aromatic carbocycles. The molecule has 1 heterocycles. The number of hydrogen-bond donors (Lipinski definition) is 1. The Bertz CT molecular complexity index is 909. The Hall–Kier alpha value is -3.36. The summed E-state index contributed by atoms with van der Waals surface area (Å²) in [4.78, 5) is 22.4. The van der Waals surface area contributed by atoms with Gasteiger partial charge in [-0.05, 0) is 24.3 Å². The third-order valence-corrected chi connectivity index (χ3v) is 3.74. The minimum atomic E-state index is -4.53. The standard InChI is InChI=1S/C17H11F3N2O4/c18-17(19,20)10-4-3-5-11(8-10)21-9-14(22(24)25)15-12-6-1-2-7-13(12)16(23)26-15/h1-9,15,21H. The number of alkyl halides is 3. The lowest BCUT2D eigenvalue weighted by molar-refractivity contribution is -0.436. The highest BCUT2D eigenvalue weighted by Crippen LogP contribution is 2.36. The van der Waals surface area contributed by atoms with E-state index in [-0.39, 0.29) is 11.3 Å². The van der Waals surface area contributed by atoms with Gasteiger partial charge in [0.2, 0.25) is 6.10 Å². The molecule has 9 heteroatoms. The highest BCUT2D eigenvalue weighted by Gasteiger charge is 2.39. The molecule has 1 unspecified atom stereocenters. The number of esters is 1. The zero-order valence-corrected chi connectivity index (χ0v) is 13.0. The molecule has 0 bridgehead atoms. The van der Waals surface area contributed by atoms with E-state index in [0.29, 0.717) is 5.56 Å². The van der Waals surface area contributed by atoms with Crippen LogP contribution < -0.4 is 5.32 Å². The molecule has 0 spiro atoms. The highest BCUT2D eigenvalue weighted by molar-refractivity contribution is 5.94. The molecule has 1 aliphatic heterocycles. The van der Waals surface area contributed by atoms with Crippen LogP contribution in [0.25, 0.3) is 0 Å². The summed E-state index contributed by atoms with van der Waals surface area (Å²) in [5.74, 6) is -0.697. The van der Waals surface area contributed by atoms with Gasteiger partial charge in [0.05, 0.1) is 22.3 Å². The van der Waals surface area contributed by atoms with Crippen LogP contribution in [0.2, 0.25) is 0 Å². The number of nitro groups is 1. The molecule has 0 saturated carbocycles. The lowest BCUT2D eigenvalue weighted by atomic mass is 10.0. The van der Waals surface area contributed by atoms with Gasteiger partial charge in [0.1, 0.15) is 0 Å².